The van der Waals surface area contributed by atoms with E-state index in [4.69, 9.17) is 9.84 Å². The lowest BCUT2D eigenvalue weighted by molar-refractivity contribution is -0.137. The Labute approximate surface area is 106 Å². The monoisotopic (exact) mass is 251 g/mol. The molecule has 0 radical (unpaired) electrons. The van der Waals surface area contributed by atoms with Gasteiger partial charge >= 0.3 is 5.97 Å². The van der Waals surface area contributed by atoms with Gasteiger partial charge in [0.15, 0.2) is 0 Å². The normalized spacial score (nSPS) is 10.1. The third kappa shape index (κ3) is 4.55. The van der Waals surface area contributed by atoms with E-state index in [1.54, 1.807) is 31.4 Å². The van der Waals surface area contributed by atoms with E-state index in [1.807, 2.05) is 6.07 Å². The summed E-state index contributed by atoms with van der Waals surface area (Å²) in [5, 5.41) is 8.67. The van der Waals surface area contributed by atoms with E-state index < -0.39 is 5.97 Å². The SMILES string of the molecule is COCCN(CCC(=O)O)C(=O)c1ccccc1. The first kappa shape index (κ1) is 14.2. The van der Waals surface area contributed by atoms with Crippen LogP contribution >= 0.6 is 0 Å². The van der Waals surface area contributed by atoms with Crippen LogP contribution in [0.2, 0.25) is 0 Å². The van der Waals surface area contributed by atoms with Crippen LogP contribution in [0.25, 0.3) is 0 Å². The van der Waals surface area contributed by atoms with Gasteiger partial charge in [-0.1, -0.05) is 18.2 Å². The lowest BCUT2D eigenvalue weighted by Gasteiger charge is -2.21. The van der Waals surface area contributed by atoms with E-state index in [2.05, 4.69) is 0 Å². The predicted molar refractivity (Wildman–Crippen MR) is 66.5 cm³/mol. The summed E-state index contributed by atoms with van der Waals surface area (Å²) in [6.45, 7) is 0.960. The molecule has 18 heavy (non-hydrogen) atoms. The number of hydrogen-bond donors (Lipinski definition) is 1. The molecule has 0 heterocycles. The Bertz CT molecular complexity index is 391. The number of carbonyl (C=O) groups excluding carboxylic acids is 1. The molecule has 1 amide bonds. The minimum Gasteiger partial charge on any atom is -0.481 e. The molecule has 1 N–H and O–H groups in total. The van der Waals surface area contributed by atoms with Crippen LogP contribution in [-0.4, -0.2) is 48.7 Å². The lowest BCUT2D eigenvalue weighted by Crippen LogP contribution is -2.35. The molecule has 0 aliphatic carbocycles. The topological polar surface area (TPSA) is 66.8 Å². The predicted octanol–water partition coefficient (Wildman–Crippen LogP) is 1.25. The maximum atomic E-state index is 12.1. The number of rotatable bonds is 7. The van der Waals surface area contributed by atoms with Crippen molar-refractivity contribution in [1.82, 2.24) is 4.90 Å². The Balaban J connectivity index is 2.69. The molecule has 0 atom stereocenters. The van der Waals surface area contributed by atoms with Gasteiger partial charge < -0.3 is 14.7 Å². The average Bonchev–Trinajstić information content (AvgIpc) is 2.39. The first-order valence-electron chi connectivity index (χ1n) is 5.70. The number of amides is 1. The van der Waals surface area contributed by atoms with E-state index in [9.17, 15) is 9.59 Å². The fourth-order valence-electron chi connectivity index (χ4n) is 1.51. The van der Waals surface area contributed by atoms with Crippen molar-refractivity contribution in [2.45, 2.75) is 6.42 Å². The zero-order chi connectivity index (χ0) is 13.4. The van der Waals surface area contributed by atoms with Crippen LogP contribution < -0.4 is 0 Å². The standard InChI is InChI=1S/C13H17NO4/c1-18-10-9-14(8-7-12(15)16)13(17)11-5-3-2-4-6-11/h2-6H,7-10H2,1H3,(H,15,16). The highest BCUT2D eigenvalue weighted by molar-refractivity contribution is 5.94. The van der Waals surface area contributed by atoms with E-state index in [0.717, 1.165) is 0 Å². The number of nitrogens with zero attached hydrogens (tertiary/aromatic N) is 1. The van der Waals surface area contributed by atoms with Crippen LogP contribution in [0.5, 0.6) is 0 Å². The Morgan fingerprint density at radius 3 is 2.44 bits per heavy atom. The summed E-state index contributed by atoms with van der Waals surface area (Å²) >= 11 is 0. The lowest BCUT2D eigenvalue weighted by atomic mass is 10.2. The van der Waals surface area contributed by atoms with Crippen molar-refractivity contribution in [2.75, 3.05) is 26.8 Å². The second-order valence-corrected chi connectivity index (χ2v) is 3.79. The molecule has 0 aliphatic rings. The number of methoxy groups -OCH3 is 1. The minimum atomic E-state index is -0.918. The summed E-state index contributed by atoms with van der Waals surface area (Å²) in [4.78, 5) is 24.2. The maximum absolute atomic E-state index is 12.1. The first-order chi connectivity index (χ1) is 8.65. The molecular formula is C13H17NO4. The van der Waals surface area contributed by atoms with Crippen LogP contribution in [0.4, 0.5) is 0 Å². The molecule has 0 aliphatic heterocycles. The number of benzene rings is 1. The number of carbonyl (C=O) groups is 2. The van der Waals surface area contributed by atoms with Gasteiger partial charge in [0.1, 0.15) is 0 Å². The average molecular weight is 251 g/mol. The zero-order valence-corrected chi connectivity index (χ0v) is 10.3. The second-order valence-electron chi connectivity index (χ2n) is 3.79. The quantitative estimate of drug-likeness (QED) is 0.792. The summed E-state index contributed by atoms with van der Waals surface area (Å²) < 4.78 is 4.92. The van der Waals surface area contributed by atoms with E-state index in [1.165, 1.54) is 4.90 Å². The number of aliphatic carboxylic acids is 1. The van der Waals surface area contributed by atoms with Crippen LogP contribution in [0, 0.1) is 0 Å². The van der Waals surface area contributed by atoms with Gasteiger partial charge in [-0.2, -0.15) is 0 Å². The number of carboxylic acid groups (broad SMARTS) is 1. The number of hydrogen-bond acceptors (Lipinski definition) is 3. The van der Waals surface area contributed by atoms with Crippen molar-refractivity contribution < 1.29 is 19.4 Å². The Hall–Kier alpha value is -1.88. The van der Waals surface area contributed by atoms with E-state index >= 15 is 0 Å². The maximum Gasteiger partial charge on any atom is 0.305 e. The van der Waals surface area contributed by atoms with Gasteiger partial charge in [0, 0.05) is 25.8 Å². The van der Waals surface area contributed by atoms with Gasteiger partial charge in [-0.05, 0) is 12.1 Å². The third-order valence-corrected chi connectivity index (χ3v) is 2.47. The Morgan fingerprint density at radius 2 is 1.89 bits per heavy atom. The van der Waals surface area contributed by atoms with Gasteiger partial charge in [0.25, 0.3) is 5.91 Å². The minimum absolute atomic E-state index is 0.0672. The highest BCUT2D eigenvalue weighted by atomic mass is 16.5. The largest absolute Gasteiger partial charge is 0.481 e. The van der Waals surface area contributed by atoms with Gasteiger partial charge in [-0.15, -0.1) is 0 Å². The van der Waals surface area contributed by atoms with Crippen LogP contribution in [0.15, 0.2) is 30.3 Å². The van der Waals surface area contributed by atoms with Gasteiger partial charge in [0.05, 0.1) is 13.0 Å². The summed E-state index contributed by atoms with van der Waals surface area (Å²) in [5.41, 5.74) is 0.555. The van der Waals surface area contributed by atoms with Crippen molar-refractivity contribution in [1.29, 1.82) is 0 Å². The van der Waals surface area contributed by atoms with Gasteiger partial charge in [-0.3, -0.25) is 9.59 Å². The molecular weight excluding hydrogens is 234 g/mol. The van der Waals surface area contributed by atoms with Crippen molar-refractivity contribution in [3.05, 3.63) is 35.9 Å². The fraction of sp³-hybridized carbons (Fsp3) is 0.385. The van der Waals surface area contributed by atoms with Crippen molar-refractivity contribution in [3.63, 3.8) is 0 Å². The smallest absolute Gasteiger partial charge is 0.305 e. The van der Waals surface area contributed by atoms with Crippen LogP contribution in [-0.2, 0) is 9.53 Å². The first-order valence-corrected chi connectivity index (χ1v) is 5.70. The van der Waals surface area contributed by atoms with Crippen molar-refractivity contribution in [2.24, 2.45) is 0 Å². The van der Waals surface area contributed by atoms with E-state index in [0.29, 0.717) is 18.7 Å². The Morgan fingerprint density at radius 1 is 1.22 bits per heavy atom. The van der Waals surface area contributed by atoms with Crippen LogP contribution in [0.1, 0.15) is 16.8 Å². The molecule has 0 bridgehead atoms. The summed E-state index contributed by atoms with van der Waals surface area (Å²) in [6, 6.07) is 8.80. The molecule has 0 unspecified atom stereocenters. The molecule has 1 rings (SSSR count). The number of carboxylic acids is 1. The van der Waals surface area contributed by atoms with Crippen molar-refractivity contribution in [3.8, 4) is 0 Å². The number of ether oxygens (including phenoxy) is 1. The molecule has 5 heteroatoms. The molecule has 5 nitrogen and oxygen atoms in total. The molecule has 0 saturated heterocycles. The highest BCUT2D eigenvalue weighted by Gasteiger charge is 2.15. The Kier molecular flexibility index (Phi) is 5.87. The third-order valence-electron chi connectivity index (χ3n) is 2.47. The zero-order valence-electron chi connectivity index (χ0n) is 10.3. The summed E-state index contributed by atoms with van der Waals surface area (Å²) in [7, 11) is 1.54. The second kappa shape index (κ2) is 7.45. The molecule has 0 spiro atoms. The highest BCUT2D eigenvalue weighted by Crippen LogP contribution is 2.05. The van der Waals surface area contributed by atoms with Gasteiger partial charge in [-0.25, -0.2) is 0 Å². The fourth-order valence-corrected chi connectivity index (χ4v) is 1.51. The summed E-state index contributed by atoms with van der Waals surface area (Å²) in [5.74, 6) is -1.09. The van der Waals surface area contributed by atoms with Gasteiger partial charge in [0.2, 0.25) is 0 Å². The van der Waals surface area contributed by atoms with E-state index in [-0.39, 0.29) is 18.9 Å². The summed E-state index contributed by atoms with van der Waals surface area (Å²) in [6.07, 6.45) is -0.0672. The molecule has 0 fully saturated rings. The molecule has 1 aromatic rings. The molecule has 0 saturated carbocycles. The molecule has 1 aromatic carbocycles. The molecule has 0 aromatic heterocycles. The van der Waals surface area contributed by atoms with Crippen molar-refractivity contribution >= 4 is 11.9 Å². The van der Waals surface area contributed by atoms with Crippen LogP contribution in [0.3, 0.4) is 0 Å². The molecule has 98 valence electrons.